The van der Waals surface area contributed by atoms with Gasteiger partial charge in [-0.1, -0.05) is 59.8 Å². The highest BCUT2D eigenvalue weighted by Crippen LogP contribution is 2.68. The maximum Gasteiger partial charge on any atom is 0.302 e. The van der Waals surface area contributed by atoms with E-state index >= 15 is 0 Å². The number of ether oxygens (including phenoxy) is 1. The van der Waals surface area contributed by atoms with Gasteiger partial charge in [0.15, 0.2) is 0 Å². The first-order chi connectivity index (χ1) is 15.8. The van der Waals surface area contributed by atoms with Crippen molar-refractivity contribution >= 4 is 5.97 Å². The van der Waals surface area contributed by atoms with Gasteiger partial charge in [-0.15, -0.1) is 0 Å². The van der Waals surface area contributed by atoms with Gasteiger partial charge in [-0.2, -0.15) is 0 Å². The summed E-state index contributed by atoms with van der Waals surface area (Å²) in [5.41, 5.74) is -1.09. The number of allylic oxidation sites excluding steroid dienone is 3. The van der Waals surface area contributed by atoms with Gasteiger partial charge in [-0.3, -0.25) is 4.79 Å². The van der Waals surface area contributed by atoms with Gasteiger partial charge in [-0.25, -0.2) is 0 Å². The summed E-state index contributed by atoms with van der Waals surface area (Å²) in [5.74, 6) is 2.23. The summed E-state index contributed by atoms with van der Waals surface area (Å²) in [6, 6.07) is 0. The standard InChI is InChI=1S/C30H48O4/c1-19(2)20(3)8-9-21(4)24-10-11-25-27(24,6)14-13-26-28(7)15-12-23(34-22(5)31)18-29(28,32)16-17-30(25,26)33/h8-9,13,19-21,23-25,32-33H,10-12,14-18H2,1-7H3/b9-8+/t20-,21+,23?,24?,25?,27?,28?,29+,30-/m0/s1. The maximum atomic E-state index is 12.4. The van der Waals surface area contributed by atoms with Crippen LogP contribution in [-0.2, 0) is 9.53 Å². The maximum absolute atomic E-state index is 12.4. The van der Waals surface area contributed by atoms with Crippen LogP contribution in [0.4, 0.5) is 0 Å². The number of carbonyl (C=O) groups is 1. The fourth-order valence-electron chi connectivity index (χ4n) is 8.49. The zero-order chi connectivity index (χ0) is 25.1. The van der Waals surface area contributed by atoms with E-state index < -0.39 is 16.6 Å². The van der Waals surface area contributed by atoms with Crippen LogP contribution in [0.15, 0.2) is 23.8 Å². The van der Waals surface area contributed by atoms with Gasteiger partial charge in [0, 0.05) is 18.8 Å². The molecule has 4 aliphatic carbocycles. The second-order valence-electron chi connectivity index (χ2n) is 13.2. The highest BCUT2D eigenvalue weighted by Gasteiger charge is 2.67. The molecule has 3 saturated carbocycles. The SMILES string of the molecule is CC(=O)OC1CCC2(C)C3=CCC4(C)C([C@H](C)/C=C/[C@H](C)C(C)C)CCC4[C@@]3(O)CC[C@@]2(O)C1. The van der Waals surface area contributed by atoms with Gasteiger partial charge in [0.05, 0.1) is 11.2 Å². The van der Waals surface area contributed by atoms with Crippen LogP contribution in [0.3, 0.4) is 0 Å². The van der Waals surface area contributed by atoms with Crippen LogP contribution in [0.1, 0.15) is 99.8 Å². The van der Waals surface area contributed by atoms with E-state index in [1.807, 2.05) is 0 Å². The third-order valence-corrected chi connectivity index (χ3v) is 11.0. The van der Waals surface area contributed by atoms with Crippen molar-refractivity contribution in [1.29, 1.82) is 0 Å². The van der Waals surface area contributed by atoms with Crippen molar-refractivity contribution < 1.29 is 19.7 Å². The van der Waals surface area contributed by atoms with Crippen molar-refractivity contribution in [1.82, 2.24) is 0 Å². The Kier molecular flexibility index (Phi) is 6.69. The predicted octanol–water partition coefficient (Wildman–Crippen LogP) is 6.21. The average Bonchev–Trinajstić information content (AvgIpc) is 3.11. The molecule has 0 aromatic rings. The molecule has 192 valence electrons. The Morgan fingerprint density at radius 2 is 1.76 bits per heavy atom. The third-order valence-electron chi connectivity index (χ3n) is 11.0. The Morgan fingerprint density at radius 3 is 2.41 bits per heavy atom. The molecule has 3 fully saturated rings. The van der Waals surface area contributed by atoms with Gasteiger partial charge >= 0.3 is 5.97 Å². The lowest BCUT2D eigenvalue weighted by atomic mass is 9.45. The first-order valence-electron chi connectivity index (χ1n) is 13.8. The van der Waals surface area contributed by atoms with Crippen molar-refractivity contribution in [3.8, 4) is 0 Å². The van der Waals surface area contributed by atoms with E-state index in [4.69, 9.17) is 4.74 Å². The number of carbonyl (C=O) groups excluding carboxylic acids is 1. The summed E-state index contributed by atoms with van der Waals surface area (Å²) in [4.78, 5) is 11.5. The molecule has 0 saturated heterocycles. The molecule has 0 aliphatic heterocycles. The van der Waals surface area contributed by atoms with Gasteiger partial charge in [0.1, 0.15) is 6.10 Å². The molecule has 0 bridgehead atoms. The Balaban J connectivity index is 1.61. The molecule has 9 atom stereocenters. The minimum absolute atomic E-state index is 0.0732. The lowest BCUT2D eigenvalue weighted by Crippen LogP contribution is -2.65. The molecule has 4 nitrogen and oxygen atoms in total. The van der Waals surface area contributed by atoms with Crippen LogP contribution >= 0.6 is 0 Å². The number of esters is 1. The largest absolute Gasteiger partial charge is 0.462 e. The Hall–Kier alpha value is -1.13. The molecule has 0 amide bonds. The molecule has 0 aromatic carbocycles. The lowest BCUT2D eigenvalue weighted by Gasteiger charge is -2.63. The number of aliphatic hydroxyl groups is 2. The fraction of sp³-hybridized carbons (Fsp3) is 0.833. The van der Waals surface area contributed by atoms with E-state index in [9.17, 15) is 15.0 Å². The smallest absolute Gasteiger partial charge is 0.302 e. The van der Waals surface area contributed by atoms with Crippen LogP contribution in [-0.4, -0.2) is 33.5 Å². The number of hydrogen-bond donors (Lipinski definition) is 2. The topological polar surface area (TPSA) is 66.8 Å². The molecule has 5 unspecified atom stereocenters. The molecule has 34 heavy (non-hydrogen) atoms. The molecule has 2 N–H and O–H groups in total. The van der Waals surface area contributed by atoms with Crippen molar-refractivity contribution in [3.05, 3.63) is 23.8 Å². The molecular weight excluding hydrogens is 424 g/mol. The highest BCUT2D eigenvalue weighted by molar-refractivity contribution is 5.66. The van der Waals surface area contributed by atoms with E-state index in [1.54, 1.807) is 0 Å². The van der Waals surface area contributed by atoms with E-state index in [1.165, 1.54) is 6.92 Å². The minimum atomic E-state index is -0.932. The van der Waals surface area contributed by atoms with Crippen molar-refractivity contribution in [2.45, 2.75) is 117 Å². The monoisotopic (exact) mass is 472 g/mol. The summed E-state index contributed by atoms with van der Waals surface area (Å²) in [6.45, 7) is 15.2. The summed E-state index contributed by atoms with van der Waals surface area (Å²) < 4.78 is 5.50. The van der Waals surface area contributed by atoms with E-state index in [-0.39, 0.29) is 23.4 Å². The zero-order valence-corrected chi connectivity index (χ0v) is 22.6. The van der Waals surface area contributed by atoms with E-state index in [0.717, 1.165) is 37.7 Å². The van der Waals surface area contributed by atoms with Gasteiger partial charge in [0.25, 0.3) is 0 Å². The number of hydrogen-bond acceptors (Lipinski definition) is 4. The normalized spacial score (nSPS) is 45.8. The van der Waals surface area contributed by atoms with Crippen LogP contribution in [0.25, 0.3) is 0 Å². The minimum Gasteiger partial charge on any atom is -0.462 e. The molecule has 0 spiro atoms. The third kappa shape index (κ3) is 3.92. The first kappa shape index (κ1) is 25.9. The predicted molar refractivity (Wildman–Crippen MR) is 136 cm³/mol. The number of fused-ring (bicyclic) bond motifs is 5. The molecule has 4 heteroatoms. The van der Waals surface area contributed by atoms with E-state index in [2.05, 4.69) is 59.8 Å². The highest BCUT2D eigenvalue weighted by atomic mass is 16.5. The summed E-state index contributed by atoms with van der Waals surface area (Å²) in [6.07, 6.45) is 13.2. The van der Waals surface area contributed by atoms with Crippen LogP contribution < -0.4 is 0 Å². The van der Waals surface area contributed by atoms with Gasteiger partial charge < -0.3 is 14.9 Å². The Bertz CT molecular complexity index is 860. The van der Waals surface area contributed by atoms with Crippen LogP contribution in [0, 0.1) is 40.4 Å². The van der Waals surface area contributed by atoms with Gasteiger partial charge in [-0.05, 0) is 85.5 Å². The summed E-state index contributed by atoms with van der Waals surface area (Å²) in [5, 5.41) is 24.2. The van der Waals surface area contributed by atoms with Crippen LogP contribution in [0.5, 0.6) is 0 Å². The molecule has 0 aromatic heterocycles. The van der Waals surface area contributed by atoms with Gasteiger partial charge in [0.2, 0.25) is 0 Å². The van der Waals surface area contributed by atoms with E-state index in [0.29, 0.717) is 42.9 Å². The second kappa shape index (κ2) is 8.76. The summed E-state index contributed by atoms with van der Waals surface area (Å²) >= 11 is 0. The molecule has 4 rings (SSSR count). The molecule has 0 radical (unpaired) electrons. The quantitative estimate of drug-likeness (QED) is 0.369. The number of rotatable bonds is 5. The Morgan fingerprint density at radius 1 is 1.06 bits per heavy atom. The van der Waals surface area contributed by atoms with Crippen LogP contribution in [0.2, 0.25) is 0 Å². The molecule has 0 heterocycles. The summed E-state index contributed by atoms with van der Waals surface area (Å²) in [7, 11) is 0. The Labute approximate surface area is 207 Å². The fourth-order valence-corrected chi connectivity index (χ4v) is 8.49. The average molecular weight is 473 g/mol. The second-order valence-corrected chi connectivity index (χ2v) is 13.2. The van der Waals surface area contributed by atoms with Crippen molar-refractivity contribution in [3.63, 3.8) is 0 Å². The molecule has 4 aliphatic rings. The van der Waals surface area contributed by atoms with Crippen molar-refractivity contribution in [2.24, 2.45) is 40.4 Å². The first-order valence-corrected chi connectivity index (χ1v) is 13.8. The van der Waals surface area contributed by atoms with Crippen molar-refractivity contribution in [2.75, 3.05) is 0 Å². The molecular formula is C30H48O4. The lowest BCUT2D eigenvalue weighted by molar-refractivity contribution is -0.195. The zero-order valence-electron chi connectivity index (χ0n) is 22.6.